The van der Waals surface area contributed by atoms with Crippen LogP contribution < -0.4 is 4.74 Å². The Hall–Kier alpha value is -1.22. The van der Waals surface area contributed by atoms with Crippen molar-refractivity contribution in [2.75, 3.05) is 0 Å². The van der Waals surface area contributed by atoms with E-state index in [9.17, 15) is 4.79 Å². The molecule has 0 N–H and O–H groups in total. The van der Waals surface area contributed by atoms with Crippen LogP contribution in [0, 0.1) is 6.92 Å². The molecule has 0 amide bonds. The fourth-order valence-electron chi connectivity index (χ4n) is 0.864. The number of carbonyl (C=O) groups excluding carboxylic acids is 1. The van der Waals surface area contributed by atoms with Crippen LogP contribution in [-0.2, 0) is 4.79 Å². The smallest absolute Gasteiger partial charge is 0.335 e. The van der Waals surface area contributed by atoms with Crippen molar-refractivity contribution in [3.8, 4) is 5.75 Å². The number of hydrogen-bond acceptors (Lipinski definition) is 3. The van der Waals surface area contributed by atoms with Crippen LogP contribution in [0.1, 0.15) is 5.56 Å². The van der Waals surface area contributed by atoms with Crippen LogP contribution in [0.4, 0.5) is 0 Å². The molecule has 3 heteroatoms. The fourth-order valence-corrected chi connectivity index (χ4v) is 1.19. The van der Waals surface area contributed by atoms with Crippen molar-refractivity contribution in [1.29, 1.82) is 0 Å². The summed E-state index contributed by atoms with van der Waals surface area (Å²) in [6, 6.07) is 5.39. The minimum absolute atomic E-state index is 0.457. The van der Waals surface area contributed by atoms with Gasteiger partial charge in [-0.3, -0.25) is 0 Å². The lowest BCUT2D eigenvalue weighted by Crippen LogP contribution is -2.03. The molecule has 1 aromatic rings. The monoisotopic (exact) mass is 194 g/mol. The van der Waals surface area contributed by atoms with Crippen molar-refractivity contribution in [1.82, 2.24) is 0 Å². The summed E-state index contributed by atoms with van der Waals surface area (Å²) in [5.41, 5.74) is 1.07. The summed E-state index contributed by atoms with van der Waals surface area (Å²) in [5, 5.41) is 0. The van der Waals surface area contributed by atoms with Gasteiger partial charge in [0.05, 0.1) is 0 Å². The van der Waals surface area contributed by atoms with Crippen molar-refractivity contribution >= 4 is 18.6 Å². The summed E-state index contributed by atoms with van der Waals surface area (Å²) in [5.74, 6) is -0.0158. The molecule has 0 bridgehead atoms. The number of ether oxygens (including phenoxy) is 1. The van der Waals surface area contributed by atoms with Gasteiger partial charge in [-0.25, -0.2) is 4.79 Å². The van der Waals surface area contributed by atoms with E-state index in [1.165, 1.54) is 0 Å². The molecule has 0 radical (unpaired) electrons. The summed E-state index contributed by atoms with van der Waals surface area (Å²) in [4.78, 5) is 11.5. The lowest BCUT2D eigenvalue weighted by molar-refractivity contribution is -0.129. The van der Waals surface area contributed by atoms with E-state index in [-0.39, 0.29) is 0 Å². The second-order valence-electron chi connectivity index (χ2n) is 2.60. The molecule has 1 rings (SSSR count). The summed E-state index contributed by atoms with van der Waals surface area (Å²) in [6.07, 6.45) is 1.12. The zero-order valence-corrected chi connectivity index (χ0v) is 8.17. The Bertz CT molecular complexity index is 345. The van der Waals surface area contributed by atoms with Crippen LogP contribution >= 0.6 is 12.6 Å². The second kappa shape index (κ2) is 4.14. The quantitative estimate of drug-likeness (QED) is 0.338. The van der Waals surface area contributed by atoms with Gasteiger partial charge >= 0.3 is 5.97 Å². The molecular formula is C10H10O2S. The molecule has 0 aliphatic heterocycles. The van der Waals surface area contributed by atoms with E-state index in [1.54, 1.807) is 6.07 Å². The molecule has 0 saturated heterocycles. The van der Waals surface area contributed by atoms with E-state index in [0.29, 0.717) is 10.6 Å². The average Bonchev–Trinajstić information content (AvgIpc) is 2.09. The van der Waals surface area contributed by atoms with Crippen molar-refractivity contribution in [3.63, 3.8) is 0 Å². The first-order chi connectivity index (χ1) is 6.13. The molecule has 68 valence electrons. The molecule has 0 saturated carbocycles. The molecule has 0 aromatic heterocycles. The van der Waals surface area contributed by atoms with Gasteiger partial charge in [0, 0.05) is 11.0 Å². The lowest BCUT2D eigenvalue weighted by Gasteiger charge is -2.04. The lowest BCUT2D eigenvalue weighted by atomic mass is 10.2. The van der Waals surface area contributed by atoms with Crippen LogP contribution in [0.3, 0.4) is 0 Å². The molecule has 0 heterocycles. The molecular weight excluding hydrogens is 184 g/mol. The maximum Gasteiger partial charge on any atom is 0.335 e. The molecule has 2 nitrogen and oxygen atoms in total. The van der Waals surface area contributed by atoms with Crippen LogP contribution in [0.15, 0.2) is 35.7 Å². The SMILES string of the molecule is C=CC(=O)Oc1ccc(C)cc1S. The molecule has 1 aromatic carbocycles. The van der Waals surface area contributed by atoms with E-state index in [1.807, 2.05) is 19.1 Å². The molecule has 0 fully saturated rings. The Balaban J connectivity index is 2.89. The van der Waals surface area contributed by atoms with Crippen molar-refractivity contribution in [3.05, 3.63) is 36.4 Å². The van der Waals surface area contributed by atoms with Gasteiger partial charge in [0.2, 0.25) is 0 Å². The van der Waals surface area contributed by atoms with Crippen LogP contribution in [0.2, 0.25) is 0 Å². The maximum atomic E-state index is 10.8. The van der Waals surface area contributed by atoms with Gasteiger partial charge in [-0.1, -0.05) is 12.6 Å². The molecule has 0 aliphatic carbocycles. The van der Waals surface area contributed by atoms with Gasteiger partial charge in [0.15, 0.2) is 0 Å². The number of hydrogen-bond donors (Lipinski definition) is 1. The van der Waals surface area contributed by atoms with E-state index in [0.717, 1.165) is 11.6 Å². The highest BCUT2D eigenvalue weighted by atomic mass is 32.1. The zero-order chi connectivity index (χ0) is 9.84. The number of benzene rings is 1. The highest BCUT2D eigenvalue weighted by molar-refractivity contribution is 7.80. The third kappa shape index (κ3) is 2.63. The number of carbonyl (C=O) groups is 1. The standard InChI is InChI=1S/C10H10O2S/c1-3-10(11)12-8-5-4-7(2)6-9(8)13/h3-6,13H,1H2,2H3. The largest absolute Gasteiger partial charge is 0.422 e. The zero-order valence-electron chi connectivity index (χ0n) is 7.28. The molecule has 0 spiro atoms. The summed E-state index contributed by atoms with van der Waals surface area (Å²) in [7, 11) is 0. The summed E-state index contributed by atoms with van der Waals surface area (Å²) < 4.78 is 4.92. The van der Waals surface area contributed by atoms with E-state index in [4.69, 9.17) is 4.74 Å². The minimum atomic E-state index is -0.473. The number of rotatable bonds is 2. The predicted octanol–water partition coefficient (Wildman–Crippen LogP) is 2.38. The fraction of sp³-hybridized carbons (Fsp3) is 0.100. The van der Waals surface area contributed by atoms with Gasteiger partial charge in [-0.2, -0.15) is 0 Å². The van der Waals surface area contributed by atoms with E-state index < -0.39 is 5.97 Å². The normalized spacial score (nSPS) is 9.38. The molecule has 13 heavy (non-hydrogen) atoms. The first-order valence-corrected chi connectivity index (χ1v) is 4.22. The molecule has 0 unspecified atom stereocenters. The summed E-state index contributed by atoms with van der Waals surface area (Å²) >= 11 is 4.17. The van der Waals surface area contributed by atoms with Crippen molar-refractivity contribution < 1.29 is 9.53 Å². The van der Waals surface area contributed by atoms with Crippen molar-refractivity contribution in [2.45, 2.75) is 11.8 Å². The predicted molar refractivity (Wildman–Crippen MR) is 54.3 cm³/mol. The molecule has 0 aliphatic rings. The van der Waals surface area contributed by atoms with Crippen LogP contribution in [0.5, 0.6) is 5.75 Å². The third-order valence-electron chi connectivity index (χ3n) is 1.49. The first-order valence-electron chi connectivity index (χ1n) is 3.77. The van der Waals surface area contributed by atoms with Gasteiger partial charge in [-0.15, -0.1) is 12.6 Å². The highest BCUT2D eigenvalue weighted by Crippen LogP contribution is 2.23. The van der Waals surface area contributed by atoms with Gasteiger partial charge < -0.3 is 4.74 Å². The Morgan fingerprint density at radius 1 is 1.62 bits per heavy atom. The van der Waals surface area contributed by atoms with Crippen LogP contribution in [-0.4, -0.2) is 5.97 Å². The first kappa shape index (κ1) is 9.86. The highest BCUT2D eigenvalue weighted by Gasteiger charge is 2.03. The van der Waals surface area contributed by atoms with E-state index >= 15 is 0 Å². The summed E-state index contributed by atoms with van der Waals surface area (Å²) in [6.45, 7) is 5.25. The van der Waals surface area contributed by atoms with Gasteiger partial charge in [0.25, 0.3) is 0 Å². The topological polar surface area (TPSA) is 26.3 Å². The molecule has 0 atom stereocenters. The Labute approximate surface area is 82.6 Å². The Morgan fingerprint density at radius 3 is 2.85 bits per heavy atom. The number of esters is 1. The van der Waals surface area contributed by atoms with Gasteiger partial charge in [0.1, 0.15) is 5.75 Å². The number of thiol groups is 1. The maximum absolute atomic E-state index is 10.8. The second-order valence-corrected chi connectivity index (χ2v) is 3.08. The van der Waals surface area contributed by atoms with Crippen molar-refractivity contribution in [2.24, 2.45) is 0 Å². The Morgan fingerprint density at radius 2 is 2.31 bits per heavy atom. The Kier molecular flexibility index (Phi) is 3.14. The third-order valence-corrected chi connectivity index (χ3v) is 1.84. The number of aryl methyl sites for hydroxylation is 1. The average molecular weight is 194 g/mol. The van der Waals surface area contributed by atoms with Crippen LogP contribution in [0.25, 0.3) is 0 Å². The van der Waals surface area contributed by atoms with E-state index in [2.05, 4.69) is 19.2 Å². The van der Waals surface area contributed by atoms with Gasteiger partial charge in [-0.05, 0) is 24.6 Å². The minimum Gasteiger partial charge on any atom is -0.422 e.